The molecule has 2 fully saturated rings. The zero-order valence-corrected chi connectivity index (χ0v) is 10.7. The summed E-state index contributed by atoms with van der Waals surface area (Å²) in [5.41, 5.74) is 1.38. The Balaban J connectivity index is 1.78. The van der Waals surface area contributed by atoms with Crippen LogP contribution in [0, 0.1) is 11.2 Å². The highest BCUT2D eigenvalue weighted by Gasteiger charge is 2.40. The molecule has 1 aromatic rings. The molecule has 0 saturated carbocycles. The summed E-state index contributed by atoms with van der Waals surface area (Å²) >= 11 is 0. The fourth-order valence-corrected chi connectivity index (χ4v) is 3.15. The van der Waals surface area contributed by atoms with Gasteiger partial charge in [0.05, 0.1) is 7.11 Å². The highest BCUT2D eigenvalue weighted by molar-refractivity contribution is 5.51. The molecule has 1 atom stereocenters. The first kappa shape index (κ1) is 11.8. The Morgan fingerprint density at radius 3 is 2.94 bits per heavy atom. The minimum absolute atomic E-state index is 0.277. The number of methoxy groups -OCH3 is 1. The number of benzene rings is 1. The number of hydrogen-bond donors (Lipinski definition) is 1. The lowest BCUT2D eigenvalue weighted by Crippen LogP contribution is -2.29. The molecule has 0 aliphatic carbocycles. The van der Waals surface area contributed by atoms with Crippen molar-refractivity contribution < 1.29 is 9.13 Å². The summed E-state index contributed by atoms with van der Waals surface area (Å²) in [6, 6.07) is 5.24. The van der Waals surface area contributed by atoms with E-state index in [0.29, 0.717) is 11.2 Å². The summed E-state index contributed by atoms with van der Waals surface area (Å²) in [5.74, 6) is 0.0377. The van der Waals surface area contributed by atoms with E-state index in [2.05, 4.69) is 10.2 Å². The number of anilines is 1. The monoisotopic (exact) mass is 250 g/mol. The molecule has 0 radical (unpaired) electrons. The molecule has 2 heterocycles. The molecule has 2 saturated heterocycles. The van der Waals surface area contributed by atoms with Gasteiger partial charge in [-0.05, 0) is 31.5 Å². The highest BCUT2D eigenvalue weighted by Crippen LogP contribution is 2.38. The van der Waals surface area contributed by atoms with E-state index in [0.717, 1.165) is 31.9 Å². The second-order valence-corrected chi connectivity index (χ2v) is 5.42. The van der Waals surface area contributed by atoms with E-state index in [1.807, 2.05) is 6.07 Å². The van der Waals surface area contributed by atoms with Crippen molar-refractivity contribution in [2.24, 2.45) is 5.41 Å². The molecule has 18 heavy (non-hydrogen) atoms. The second-order valence-electron chi connectivity index (χ2n) is 5.42. The van der Waals surface area contributed by atoms with Crippen molar-refractivity contribution in [3.05, 3.63) is 24.0 Å². The summed E-state index contributed by atoms with van der Waals surface area (Å²) in [5, 5.41) is 3.44. The molecule has 0 amide bonds. The lowest BCUT2D eigenvalue weighted by molar-refractivity contribution is 0.369. The number of ether oxygens (including phenoxy) is 1. The Morgan fingerprint density at radius 1 is 1.39 bits per heavy atom. The number of nitrogens with zero attached hydrogens (tertiary/aromatic N) is 1. The molecule has 2 aliphatic heterocycles. The van der Waals surface area contributed by atoms with E-state index < -0.39 is 0 Å². The van der Waals surface area contributed by atoms with Gasteiger partial charge in [0, 0.05) is 36.8 Å². The summed E-state index contributed by atoms with van der Waals surface area (Å²) in [6.45, 7) is 4.27. The Morgan fingerprint density at radius 2 is 2.28 bits per heavy atom. The van der Waals surface area contributed by atoms with Gasteiger partial charge in [0.25, 0.3) is 0 Å². The fraction of sp³-hybridized carbons (Fsp3) is 0.571. The Kier molecular flexibility index (Phi) is 2.90. The molecular weight excluding hydrogens is 231 g/mol. The van der Waals surface area contributed by atoms with Gasteiger partial charge < -0.3 is 15.0 Å². The summed E-state index contributed by atoms with van der Waals surface area (Å²) in [7, 11) is 1.49. The van der Waals surface area contributed by atoms with Crippen LogP contribution in [-0.4, -0.2) is 33.3 Å². The van der Waals surface area contributed by atoms with Crippen molar-refractivity contribution in [1.29, 1.82) is 0 Å². The van der Waals surface area contributed by atoms with E-state index in [1.54, 1.807) is 12.1 Å². The van der Waals surface area contributed by atoms with Gasteiger partial charge in [0.2, 0.25) is 0 Å². The number of nitrogens with one attached hydrogen (secondary N) is 1. The summed E-state index contributed by atoms with van der Waals surface area (Å²) in [6.07, 6.45) is 2.44. The van der Waals surface area contributed by atoms with Crippen LogP contribution in [0.1, 0.15) is 12.8 Å². The third kappa shape index (κ3) is 1.94. The quantitative estimate of drug-likeness (QED) is 0.869. The standard InChI is InChI=1S/C14H19FN2O/c1-18-13-3-2-11(8-12(13)15)17-7-5-14(10-17)4-6-16-9-14/h2-3,8,16H,4-7,9-10H2,1H3. The van der Waals surface area contributed by atoms with Gasteiger partial charge in [-0.15, -0.1) is 0 Å². The van der Waals surface area contributed by atoms with Crippen LogP contribution in [0.2, 0.25) is 0 Å². The smallest absolute Gasteiger partial charge is 0.167 e. The van der Waals surface area contributed by atoms with E-state index in [4.69, 9.17) is 4.74 Å². The van der Waals surface area contributed by atoms with Crippen molar-refractivity contribution in [3.63, 3.8) is 0 Å². The summed E-state index contributed by atoms with van der Waals surface area (Å²) in [4.78, 5) is 2.29. The highest BCUT2D eigenvalue weighted by atomic mass is 19.1. The van der Waals surface area contributed by atoms with Crippen LogP contribution in [-0.2, 0) is 0 Å². The number of hydrogen-bond acceptors (Lipinski definition) is 3. The first-order chi connectivity index (χ1) is 8.72. The Bertz CT molecular complexity index is 443. The maximum absolute atomic E-state index is 13.7. The molecule has 1 spiro atoms. The third-order valence-electron chi connectivity index (χ3n) is 4.27. The average molecular weight is 250 g/mol. The number of rotatable bonds is 2. The fourth-order valence-electron chi connectivity index (χ4n) is 3.15. The normalized spacial score (nSPS) is 27.1. The van der Waals surface area contributed by atoms with Crippen molar-refractivity contribution in [2.45, 2.75) is 12.8 Å². The van der Waals surface area contributed by atoms with Crippen LogP contribution in [0.5, 0.6) is 5.75 Å². The van der Waals surface area contributed by atoms with Crippen molar-refractivity contribution in [3.8, 4) is 5.75 Å². The molecule has 3 nitrogen and oxygen atoms in total. The van der Waals surface area contributed by atoms with Crippen molar-refractivity contribution >= 4 is 5.69 Å². The minimum Gasteiger partial charge on any atom is -0.494 e. The van der Waals surface area contributed by atoms with Gasteiger partial charge in [-0.1, -0.05) is 0 Å². The predicted octanol–water partition coefficient (Wildman–Crippen LogP) is 2.02. The maximum Gasteiger partial charge on any atom is 0.167 e. The van der Waals surface area contributed by atoms with Gasteiger partial charge in [-0.2, -0.15) is 0 Å². The van der Waals surface area contributed by atoms with Crippen molar-refractivity contribution in [1.82, 2.24) is 5.32 Å². The molecule has 2 aliphatic rings. The second kappa shape index (κ2) is 4.43. The molecule has 1 aromatic carbocycles. The molecule has 98 valence electrons. The van der Waals surface area contributed by atoms with Gasteiger partial charge in [0.15, 0.2) is 11.6 Å². The third-order valence-corrected chi connectivity index (χ3v) is 4.27. The van der Waals surface area contributed by atoms with E-state index in [1.165, 1.54) is 20.0 Å². The van der Waals surface area contributed by atoms with E-state index >= 15 is 0 Å². The topological polar surface area (TPSA) is 24.5 Å². The Labute approximate surface area is 107 Å². The predicted molar refractivity (Wildman–Crippen MR) is 69.7 cm³/mol. The molecule has 1 unspecified atom stereocenters. The van der Waals surface area contributed by atoms with Crippen LogP contribution in [0.15, 0.2) is 18.2 Å². The average Bonchev–Trinajstić information content (AvgIpc) is 3.00. The summed E-state index contributed by atoms with van der Waals surface area (Å²) < 4.78 is 18.7. The molecule has 3 rings (SSSR count). The molecule has 0 aromatic heterocycles. The minimum atomic E-state index is -0.277. The van der Waals surface area contributed by atoms with Crippen LogP contribution in [0.4, 0.5) is 10.1 Å². The largest absolute Gasteiger partial charge is 0.494 e. The van der Waals surface area contributed by atoms with Crippen LogP contribution in [0.25, 0.3) is 0 Å². The molecule has 0 bridgehead atoms. The lowest BCUT2D eigenvalue weighted by Gasteiger charge is -2.24. The molecule has 1 N–H and O–H groups in total. The van der Waals surface area contributed by atoms with Crippen LogP contribution < -0.4 is 15.0 Å². The number of halogens is 1. The van der Waals surface area contributed by atoms with Crippen molar-refractivity contribution in [2.75, 3.05) is 38.2 Å². The molecular formula is C14H19FN2O. The van der Waals surface area contributed by atoms with Gasteiger partial charge in [0.1, 0.15) is 0 Å². The first-order valence-corrected chi connectivity index (χ1v) is 6.52. The molecule has 4 heteroatoms. The van der Waals surface area contributed by atoms with Crippen LogP contribution in [0.3, 0.4) is 0 Å². The van der Waals surface area contributed by atoms with Crippen LogP contribution >= 0.6 is 0 Å². The SMILES string of the molecule is COc1ccc(N2CCC3(CCNC3)C2)cc1F. The Hall–Kier alpha value is -1.29. The van der Waals surface area contributed by atoms with Gasteiger partial charge >= 0.3 is 0 Å². The lowest BCUT2D eigenvalue weighted by atomic mass is 9.86. The zero-order valence-electron chi connectivity index (χ0n) is 10.7. The first-order valence-electron chi connectivity index (χ1n) is 6.52. The van der Waals surface area contributed by atoms with E-state index in [9.17, 15) is 4.39 Å². The van der Waals surface area contributed by atoms with E-state index in [-0.39, 0.29) is 5.82 Å². The van der Waals surface area contributed by atoms with Gasteiger partial charge in [-0.25, -0.2) is 4.39 Å². The zero-order chi connectivity index (χ0) is 12.6. The van der Waals surface area contributed by atoms with Gasteiger partial charge in [-0.3, -0.25) is 0 Å². The maximum atomic E-state index is 13.7.